The summed E-state index contributed by atoms with van der Waals surface area (Å²) in [5, 5.41) is 2.19. The molecule has 0 spiro atoms. The zero-order valence-electron chi connectivity index (χ0n) is 9.43. The van der Waals surface area contributed by atoms with Crippen LogP contribution in [-0.4, -0.2) is 11.4 Å². The van der Waals surface area contributed by atoms with Gasteiger partial charge in [-0.3, -0.25) is 4.90 Å². The van der Waals surface area contributed by atoms with Crippen LogP contribution in [0.25, 0.3) is 0 Å². The van der Waals surface area contributed by atoms with Crippen LogP contribution in [0.1, 0.15) is 28.6 Å². The molecule has 0 bridgehead atoms. The first-order valence-corrected chi connectivity index (χ1v) is 8.33. The molecule has 3 rings (SSSR count). The summed E-state index contributed by atoms with van der Waals surface area (Å²) >= 11 is 7.28. The van der Waals surface area contributed by atoms with Gasteiger partial charge in [0, 0.05) is 22.3 Å². The molecule has 2 aromatic rings. The molecule has 1 fully saturated rings. The number of hydrogen-bond donors (Lipinski definition) is 0. The Morgan fingerprint density at radius 2 is 2.29 bits per heavy atom. The van der Waals surface area contributed by atoms with Crippen LogP contribution < -0.4 is 0 Å². The van der Waals surface area contributed by atoms with Gasteiger partial charge in [-0.15, -0.1) is 22.7 Å². The van der Waals surface area contributed by atoms with Gasteiger partial charge in [0.25, 0.3) is 0 Å². The van der Waals surface area contributed by atoms with Gasteiger partial charge >= 0.3 is 0 Å². The third-order valence-electron chi connectivity index (χ3n) is 3.22. The first kappa shape index (κ1) is 11.9. The van der Waals surface area contributed by atoms with Gasteiger partial charge in [-0.2, -0.15) is 0 Å². The summed E-state index contributed by atoms with van der Waals surface area (Å²) in [6, 6.07) is 9.47. The van der Waals surface area contributed by atoms with Crippen molar-refractivity contribution in [3.63, 3.8) is 0 Å². The topological polar surface area (TPSA) is 3.24 Å². The quantitative estimate of drug-likeness (QED) is 0.774. The van der Waals surface area contributed by atoms with E-state index in [2.05, 4.69) is 50.5 Å². The summed E-state index contributed by atoms with van der Waals surface area (Å²) in [4.78, 5) is 5.60. The van der Waals surface area contributed by atoms with Crippen molar-refractivity contribution in [1.29, 1.82) is 0 Å². The molecule has 1 atom stereocenters. The lowest BCUT2D eigenvalue weighted by Crippen LogP contribution is -2.21. The monoisotopic (exact) mass is 327 g/mol. The van der Waals surface area contributed by atoms with Crippen LogP contribution in [0.3, 0.4) is 0 Å². The minimum Gasteiger partial charge on any atom is -0.290 e. The predicted octanol–water partition coefficient (Wildman–Crippen LogP) is 4.91. The molecular weight excluding hydrogens is 314 g/mol. The molecule has 0 N–H and O–H groups in total. The molecule has 17 heavy (non-hydrogen) atoms. The van der Waals surface area contributed by atoms with Crippen molar-refractivity contribution in [3.8, 4) is 0 Å². The van der Waals surface area contributed by atoms with Gasteiger partial charge in [-0.25, -0.2) is 0 Å². The Labute approximate surface area is 118 Å². The largest absolute Gasteiger partial charge is 0.290 e. The van der Waals surface area contributed by atoms with Crippen molar-refractivity contribution in [2.45, 2.75) is 25.4 Å². The third-order valence-corrected chi connectivity index (χ3v) is 5.80. The van der Waals surface area contributed by atoms with Crippen molar-refractivity contribution in [2.75, 3.05) is 6.54 Å². The van der Waals surface area contributed by atoms with Crippen LogP contribution in [-0.2, 0) is 6.54 Å². The molecule has 0 saturated carbocycles. The summed E-state index contributed by atoms with van der Waals surface area (Å²) < 4.78 is 1.24. The molecule has 1 aliphatic heterocycles. The SMILES string of the molecule is Brc1ccc(CN2CCCC2c2cccs2)s1. The van der Waals surface area contributed by atoms with Gasteiger partial charge in [0.05, 0.1) is 3.79 Å². The van der Waals surface area contributed by atoms with Crippen molar-refractivity contribution in [2.24, 2.45) is 0 Å². The van der Waals surface area contributed by atoms with Gasteiger partial charge in [0.2, 0.25) is 0 Å². The number of thiophene rings is 2. The Balaban J connectivity index is 1.74. The first-order valence-electron chi connectivity index (χ1n) is 5.84. The van der Waals surface area contributed by atoms with Crippen molar-refractivity contribution in [1.82, 2.24) is 4.90 Å². The van der Waals surface area contributed by atoms with Gasteiger partial charge < -0.3 is 0 Å². The maximum Gasteiger partial charge on any atom is 0.0701 e. The van der Waals surface area contributed by atoms with E-state index in [1.54, 1.807) is 0 Å². The smallest absolute Gasteiger partial charge is 0.0701 e. The van der Waals surface area contributed by atoms with E-state index in [0.717, 1.165) is 6.54 Å². The zero-order chi connectivity index (χ0) is 11.7. The van der Waals surface area contributed by atoms with E-state index in [4.69, 9.17) is 0 Å². The molecule has 3 heterocycles. The minimum absolute atomic E-state index is 0.649. The summed E-state index contributed by atoms with van der Waals surface area (Å²) in [5.74, 6) is 0. The van der Waals surface area contributed by atoms with Gasteiger partial charge in [0.15, 0.2) is 0 Å². The van der Waals surface area contributed by atoms with Crippen LogP contribution in [0.4, 0.5) is 0 Å². The number of halogens is 1. The van der Waals surface area contributed by atoms with Crippen molar-refractivity contribution in [3.05, 3.63) is 43.2 Å². The Morgan fingerprint density at radius 3 is 3.00 bits per heavy atom. The van der Waals surface area contributed by atoms with E-state index >= 15 is 0 Å². The van der Waals surface area contributed by atoms with Crippen LogP contribution in [0.5, 0.6) is 0 Å². The third kappa shape index (κ3) is 2.65. The highest BCUT2D eigenvalue weighted by molar-refractivity contribution is 9.11. The fraction of sp³-hybridized carbons (Fsp3) is 0.385. The zero-order valence-corrected chi connectivity index (χ0v) is 12.7. The number of rotatable bonds is 3. The van der Waals surface area contributed by atoms with Crippen LogP contribution >= 0.6 is 38.6 Å². The van der Waals surface area contributed by atoms with E-state index in [1.807, 2.05) is 22.7 Å². The Kier molecular flexibility index (Phi) is 3.66. The summed E-state index contributed by atoms with van der Waals surface area (Å²) in [7, 11) is 0. The Morgan fingerprint density at radius 1 is 1.35 bits per heavy atom. The summed E-state index contributed by atoms with van der Waals surface area (Å²) in [6.45, 7) is 2.33. The highest BCUT2D eigenvalue weighted by atomic mass is 79.9. The molecule has 90 valence electrons. The molecule has 1 saturated heterocycles. The summed E-state index contributed by atoms with van der Waals surface area (Å²) in [6.07, 6.45) is 2.64. The predicted molar refractivity (Wildman–Crippen MR) is 78.7 cm³/mol. The average molecular weight is 328 g/mol. The molecule has 2 aromatic heterocycles. The molecule has 1 unspecified atom stereocenters. The highest BCUT2D eigenvalue weighted by Gasteiger charge is 2.26. The normalized spacial score (nSPS) is 21.1. The molecule has 0 radical (unpaired) electrons. The Hall–Kier alpha value is -0.160. The van der Waals surface area contributed by atoms with Crippen LogP contribution in [0.2, 0.25) is 0 Å². The Bertz CT molecular complexity index is 477. The van der Waals surface area contributed by atoms with Gasteiger partial charge in [-0.1, -0.05) is 6.07 Å². The lowest BCUT2D eigenvalue weighted by molar-refractivity contribution is 0.254. The van der Waals surface area contributed by atoms with Gasteiger partial charge in [0.1, 0.15) is 0 Å². The van der Waals surface area contributed by atoms with Gasteiger partial charge in [-0.05, 0) is 58.9 Å². The maximum absolute atomic E-state index is 3.54. The van der Waals surface area contributed by atoms with Crippen molar-refractivity contribution < 1.29 is 0 Å². The first-order chi connectivity index (χ1) is 8.33. The average Bonchev–Trinajstić information content (AvgIpc) is 3.00. The number of nitrogens with zero attached hydrogens (tertiary/aromatic N) is 1. The van der Waals surface area contributed by atoms with E-state index < -0.39 is 0 Å². The molecule has 0 amide bonds. The standard InChI is InChI=1S/C13H14BrNS2/c14-13-6-5-10(17-13)9-15-7-1-3-11(15)12-4-2-8-16-12/h2,4-6,8,11H,1,3,7,9H2. The van der Waals surface area contributed by atoms with Crippen molar-refractivity contribution >= 4 is 38.6 Å². The second kappa shape index (κ2) is 5.22. The molecule has 1 nitrogen and oxygen atoms in total. The fourth-order valence-electron chi connectivity index (χ4n) is 2.46. The summed E-state index contributed by atoms with van der Waals surface area (Å²) in [5.41, 5.74) is 0. The molecule has 0 aliphatic carbocycles. The molecular formula is C13H14BrNS2. The van der Waals surface area contributed by atoms with E-state index in [0.29, 0.717) is 6.04 Å². The maximum atomic E-state index is 3.54. The number of likely N-dealkylation sites (tertiary alicyclic amines) is 1. The lowest BCUT2D eigenvalue weighted by Gasteiger charge is -2.22. The van der Waals surface area contributed by atoms with E-state index in [-0.39, 0.29) is 0 Å². The number of hydrogen-bond acceptors (Lipinski definition) is 3. The fourth-order valence-corrected chi connectivity index (χ4v) is 4.86. The molecule has 0 aromatic carbocycles. The minimum atomic E-state index is 0.649. The van der Waals surface area contributed by atoms with E-state index in [1.165, 1.54) is 32.9 Å². The molecule has 4 heteroatoms. The second-order valence-corrected chi connectivity index (χ2v) is 7.88. The second-order valence-electron chi connectivity index (χ2n) is 4.35. The van der Waals surface area contributed by atoms with Crippen LogP contribution in [0, 0.1) is 0 Å². The van der Waals surface area contributed by atoms with Crippen LogP contribution in [0.15, 0.2) is 33.4 Å². The molecule has 1 aliphatic rings. The highest BCUT2D eigenvalue weighted by Crippen LogP contribution is 2.36. The lowest BCUT2D eigenvalue weighted by atomic mass is 10.2. The van der Waals surface area contributed by atoms with E-state index in [9.17, 15) is 0 Å².